The molecule has 1 aromatic carbocycles. The van der Waals surface area contributed by atoms with Gasteiger partial charge in [0.2, 0.25) is 0 Å². The molecule has 0 atom stereocenters. The number of amides is 1. The van der Waals surface area contributed by atoms with Crippen LogP contribution >= 0.6 is 0 Å². The number of ether oxygens (including phenoxy) is 2. The summed E-state index contributed by atoms with van der Waals surface area (Å²) in [5.41, 5.74) is 0.622. The standard InChI is InChI=1S/C16H25NO3/c1-11(2)10-17(12(3)4)16(18)13-7-8-14(19-5)15(9-13)20-6/h7-9,11-12H,10H2,1-6H3. The summed E-state index contributed by atoms with van der Waals surface area (Å²) in [7, 11) is 3.15. The lowest BCUT2D eigenvalue weighted by Crippen LogP contribution is -2.39. The lowest BCUT2D eigenvalue weighted by atomic mass is 10.1. The van der Waals surface area contributed by atoms with Gasteiger partial charge in [0.1, 0.15) is 0 Å². The van der Waals surface area contributed by atoms with Crippen LogP contribution < -0.4 is 9.47 Å². The molecule has 4 nitrogen and oxygen atoms in total. The van der Waals surface area contributed by atoms with Gasteiger partial charge in [0.15, 0.2) is 11.5 Å². The van der Waals surface area contributed by atoms with Crippen molar-refractivity contribution in [3.8, 4) is 11.5 Å². The Kier molecular flexibility index (Phi) is 5.86. The maximum Gasteiger partial charge on any atom is 0.254 e. The molecule has 1 rings (SSSR count). The van der Waals surface area contributed by atoms with Gasteiger partial charge in [-0.25, -0.2) is 0 Å². The molecule has 112 valence electrons. The quantitative estimate of drug-likeness (QED) is 0.802. The molecule has 0 saturated heterocycles. The second-order valence-corrected chi connectivity index (χ2v) is 5.51. The number of hydrogen-bond acceptors (Lipinski definition) is 3. The predicted molar refractivity (Wildman–Crippen MR) is 80.6 cm³/mol. The Bertz CT molecular complexity index is 455. The van der Waals surface area contributed by atoms with E-state index >= 15 is 0 Å². The summed E-state index contributed by atoms with van der Waals surface area (Å²) in [6.45, 7) is 9.02. The molecule has 0 radical (unpaired) electrons. The van der Waals surface area contributed by atoms with E-state index in [9.17, 15) is 4.79 Å². The molecule has 0 saturated carbocycles. The highest BCUT2D eigenvalue weighted by Gasteiger charge is 2.21. The molecule has 0 fully saturated rings. The van der Waals surface area contributed by atoms with Gasteiger partial charge in [0.05, 0.1) is 14.2 Å². The summed E-state index contributed by atoms with van der Waals surface area (Å²) >= 11 is 0. The van der Waals surface area contributed by atoms with Gasteiger partial charge in [-0.15, -0.1) is 0 Å². The number of rotatable bonds is 6. The maximum absolute atomic E-state index is 12.6. The van der Waals surface area contributed by atoms with Crippen LogP contribution in [-0.2, 0) is 0 Å². The minimum Gasteiger partial charge on any atom is -0.493 e. The number of carbonyl (C=O) groups excluding carboxylic acids is 1. The third-order valence-electron chi connectivity index (χ3n) is 3.08. The van der Waals surface area contributed by atoms with Crippen molar-refractivity contribution in [2.24, 2.45) is 5.92 Å². The van der Waals surface area contributed by atoms with E-state index in [-0.39, 0.29) is 11.9 Å². The van der Waals surface area contributed by atoms with E-state index in [1.54, 1.807) is 32.4 Å². The van der Waals surface area contributed by atoms with Gasteiger partial charge in [0.25, 0.3) is 5.91 Å². The van der Waals surface area contributed by atoms with Gasteiger partial charge < -0.3 is 14.4 Å². The fraction of sp³-hybridized carbons (Fsp3) is 0.562. The first-order valence-corrected chi connectivity index (χ1v) is 6.93. The largest absolute Gasteiger partial charge is 0.493 e. The Hall–Kier alpha value is -1.71. The molecule has 0 unspecified atom stereocenters. The van der Waals surface area contributed by atoms with Crippen molar-refractivity contribution < 1.29 is 14.3 Å². The van der Waals surface area contributed by atoms with Crippen molar-refractivity contribution in [2.75, 3.05) is 20.8 Å². The van der Waals surface area contributed by atoms with Gasteiger partial charge in [-0.1, -0.05) is 13.8 Å². The lowest BCUT2D eigenvalue weighted by molar-refractivity contribution is 0.0681. The van der Waals surface area contributed by atoms with E-state index < -0.39 is 0 Å². The van der Waals surface area contributed by atoms with Crippen LogP contribution in [0.1, 0.15) is 38.1 Å². The van der Waals surface area contributed by atoms with Crippen LogP contribution in [0.3, 0.4) is 0 Å². The highest BCUT2D eigenvalue weighted by atomic mass is 16.5. The van der Waals surface area contributed by atoms with E-state index in [1.807, 2.05) is 18.7 Å². The summed E-state index contributed by atoms with van der Waals surface area (Å²) in [6, 6.07) is 5.44. The Labute approximate surface area is 121 Å². The lowest BCUT2D eigenvalue weighted by Gasteiger charge is -2.28. The van der Waals surface area contributed by atoms with Crippen LogP contribution in [-0.4, -0.2) is 37.6 Å². The van der Waals surface area contributed by atoms with Crippen LogP contribution in [0.15, 0.2) is 18.2 Å². The molecule has 1 aromatic rings. The summed E-state index contributed by atoms with van der Waals surface area (Å²) in [4.78, 5) is 14.5. The van der Waals surface area contributed by atoms with Gasteiger partial charge >= 0.3 is 0 Å². The van der Waals surface area contributed by atoms with E-state index in [0.29, 0.717) is 23.0 Å². The molecule has 0 aliphatic carbocycles. The molecule has 0 heterocycles. The average Bonchev–Trinajstić information content (AvgIpc) is 2.42. The molecule has 1 amide bonds. The van der Waals surface area contributed by atoms with Crippen LogP contribution in [0.2, 0.25) is 0 Å². The Morgan fingerprint density at radius 2 is 1.70 bits per heavy atom. The minimum atomic E-state index is 0.0228. The molecule has 0 aliphatic rings. The summed E-state index contributed by atoms with van der Waals surface area (Å²) in [5, 5.41) is 0. The number of nitrogens with zero attached hydrogens (tertiary/aromatic N) is 1. The Balaban J connectivity index is 3.05. The molecule has 0 aliphatic heterocycles. The summed E-state index contributed by atoms with van der Waals surface area (Å²) in [6.07, 6.45) is 0. The van der Waals surface area contributed by atoms with Gasteiger partial charge in [-0.05, 0) is 38.0 Å². The Morgan fingerprint density at radius 3 is 2.15 bits per heavy atom. The number of methoxy groups -OCH3 is 2. The molecule has 0 aromatic heterocycles. The van der Waals surface area contributed by atoms with Crippen LogP contribution in [0, 0.1) is 5.92 Å². The fourth-order valence-electron chi connectivity index (χ4n) is 2.06. The fourth-order valence-corrected chi connectivity index (χ4v) is 2.06. The van der Waals surface area contributed by atoms with E-state index in [0.717, 1.165) is 6.54 Å². The molecule has 0 N–H and O–H groups in total. The third-order valence-corrected chi connectivity index (χ3v) is 3.08. The zero-order valence-corrected chi connectivity index (χ0v) is 13.3. The topological polar surface area (TPSA) is 38.8 Å². The summed E-state index contributed by atoms with van der Waals surface area (Å²) in [5.74, 6) is 1.66. The summed E-state index contributed by atoms with van der Waals surface area (Å²) < 4.78 is 10.4. The van der Waals surface area contributed by atoms with E-state index in [2.05, 4.69) is 13.8 Å². The van der Waals surface area contributed by atoms with Crippen LogP contribution in [0.4, 0.5) is 0 Å². The normalized spacial score (nSPS) is 10.8. The first-order valence-electron chi connectivity index (χ1n) is 6.93. The SMILES string of the molecule is COc1ccc(C(=O)N(CC(C)C)C(C)C)cc1OC. The van der Waals surface area contributed by atoms with Gasteiger partial charge in [-0.3, -0.25) is 4.79 Å². The molecule has 4 heteroatoms. The number of benzene rings is 1. The average molecular weight is 279 g/mol. The smallest absolute Gasteiger partial charge is 0.254 e. The van der Waals surface area contributed by atoms with Crippen molar-refractivity contribution in [1.82, 2.24) is 4.90 Å². The Morgan fingerprint density at radius 1 is 1.10 bits per heavy atom. The first-order chi connectivity index (χ1) is 9.40. The molecule has 20 heavy (non-hydrogen) atoms. The molecule has 0 spiro atoms. The monoisotopic (exact) mass is 279 g/mol. The number of carbonyl (C=O) groups is 1. The van der Waals surface area contributed by atoms with E-state index in [1.165, 1.54) is 0 Å². The second kappa shape index (κ2) is 7.17. The second-order valence-electron chi connectivity index (χ2n) is 5.51. The number of hydrogen-bond donors (Lipinski definition) is 0. The van der Waals surface area contributed by atoms with Crippen LogP contribution in [0.25, 0.3) is 0 Å². The van der Waals surface area contributed by atoms with Gasteiger partial charge in [0, 0.05) is 18.2 Å². The highest BCUT2D eigenvalue weighted by Crippen LogP contribution is 2.28. The minimum absolute atomic E-state index is 0.0228. The van der Waals surface area contributed by atoms with Gasteiger partial charge in [-0.2, -0.15) is 0 Å². The predicted octanol–water partition coefficient (Wildman–Crippen LogP) is 3.21. The molecule has 0 bridgehead atoms. The first kappa shape index (κ1) is 16.3. The third kappa shape index (κ3) is 3.89. The van der Waals surface area contributed by atoms with Crippen molar-refractivity contribution in [3.63, 3.8) is 0 Å². The highest BCUT2D eigenvalue weighted by molar-refractivity contribution is 5.95. The van der Waals surface area contributed by atoms with E-state index in [4.69, 9.17) is 9.47 Å². The van der Waals surface area contributed by atoms with Crippen LogP contribution in [0.5, 0.6) is 11.5 Å². The van der Waals surface area contributed by atoms with Crippen molar-refractivity contribution >= 4 is 5.91 Å². The zero-order valence-electron chi connectivity index (χ0n) is 13.3. The van der Waals surface area contributed by atoms with Crippen molar-refractivity contribution in [2.45, 2.75) is 33.7 Å². The molecular weight excluding hydrogens is 254 g/mol. The van der Waals surface area contributed by atoms with Crippen molar-refractivity contribution in [1.29, 1.82) is 0 Å². The molecular formula is C16H25NO3. The zero-order chi connectivity index (χ0) is 15.3. The maximum atomic E-state index is 12.6. The van der Waals surface area contributed by atoms with Crippen molar-refractivity contribution in [3.05, 3.63) is 23.8 Å².